The first-order chi connectivity index (χ1) is 15.8. The van der Waals surface area contributed by atoms with Crippen molar-refractivity contribution in [3.63, 3.8) is 0 Å². The average molecular weight is 412 g/mol. The standard InChI is InChI=1S/C28H20N4/c1-2-6-20-16-22-12-10-18-8-4-14-30-24(18)26(22)32-28(20)27-19(5-1)15-21-11-9-17-7-3-13-29-23(17)25(21)31-27/h3-4,7-16H,1-2,5-6H2. The summed E-state index contributed by atoms with van der Waals surface area (Å²) in [6.45, 7) is 0. The van der Waals surface area contributed by atoms with Crippen LogP contribution in [0.15, 0.2) is 73.1 Å². The fraction of sp³-hybridized carbons (Fsp3) is 0.143. The summed E-state index contributed by atoms with van der Waals surface area (Å²) in [5.74, 6) is 0. The Morgan fingerprint density at radius 3 is 1.47 bits per heavy atom. The highest BCUT2D eigenvalue weighted by molar-refractivity contribution is 6.05. The van der Waals surface area contributed by atoms with Gasteiger partial charge in [0.1, 0.15) is 0 Å². The predicted octanol–water partition coefficient (Wildman–Crippen LogP) is 6.43. The van der Waals surface area contributed by atoms with Gasteiger partial charge < -0.3 is 0 Å². The van der Waals surface area contributed by atoms with Gasteiger partial charge in [0.15, 0.2) is 0 Å². The highest BCUT2D eigenvalue weighted by atomic mass is 14.8. The molecule has 0 radical (unpaired) electrons. The topological polar surface area (TPSA) is 51.6 Å². The third-order valence-electron chi connectivity index (χ3n) is 6.64. The van der Waals surface area contributed by atoms with Gasteiger partial charge in [-0.25, -0.2) is 9.97 Å². The molecule has 4 heteroatoms. The molecule has 0 N–H and O–H groups in total. The second-order valence-electron chi connectivity index (χ2n) is 8.62. The maximum Gasteiger partial charge on any atom is 0.0972 e. The normalized spacial score (nSPS) is 13.8. The Morgan fingerprint density at radius 1 is 0.500 bits per heavy atom. The molecule has 4 aromatic heterocycles. The quantitative estimate of drug-likeness (QED) is 0.270. The second kappa shape index (κ2) is 6.79. The number of fused-ring (bicyclic) bond motifs is 9. The van der Waals surface area contributed by atoms with E-state index in [0.717, 1.165) is 80.7 Å². The van der Waals surface area contributed by atoms with Gasteiger partial charge in [-0.3, -0.25) is 9.97 Å². The molecular weight excluding hydrogens is 392 g/mol. The molecule has 2 aromatic carbocycles. The molecule has 4 heterocycles. The Labute approximate surface area is 185 Å². The molecule has 1 aliphatic carbocycles. The van der Waals surface area contributed by atoms with Crippen LogP contribution in [0.2, 0.25) is 0 Å². The van der Waals surface area contributed by atoms with Crippen molar-refractivity contribution in [3.05, 3.63) is 84.2 Å². The van der Waals surface area contributed by atoms with E-state index < -0.39 is 0 Å². The smallest absolute Gasteiger partial charge is 0.0972 e. The SMILES string of the molecule is c1cnc2c(c1)ccc1cc3c(nc12)-c1nc2c(ccc4cccnc42)cc1CCCC3. The Balaban J connectivity index is 1.59. The average Bonchev–Trinajstić information content (AvgIpc) is 2.84. The zero-order chi connectivity index (χ0) is 21.1. The molecule has 152 valence electrons. The second-order valence-corrected chi connectivity index (χ2v) is 8.62. The highest BCUT2D eigenvalue weighted by Crippen LogP contribution is 2.35. The summed E-state index contributed by atoms with van der Waals surface area (Å²) in [5.41, 5.74) is 8.34. The van der Waals surface area contributed by atoms with E-state index in [1.807, 2.05) is 24.5 Å². The monoisotopic (exact) mass is 412 g/mol. The molecule has 32 heavy (non-hydrogen) atoms. The third kappa shape index (κ3) is 2.62. The first-order valence-corrected chi connectivity index (χ1v) is 11.2. The molecule has 6 aromatic rings. The van der Waals surface area contributed by atoms with Crippen LogP contribution in [0.25, 0.3) is 55.0 Å². The summed E-state index contributed by atoms with van der Waals surface area (Å²) in [4.78, 5) is 19.8. The molecule has 0 saturated heterocycles. The van der Waals surface area contributed by atoms with Gasteiger partial charge >= 0.3 is 0 Å². The summed E-state index contributed by atoms with van der Waals surface area (Å²) in [5, 5.41) is 4.51. The van der Waals surface area contributed by atoms with E-state index >= 15 is 0 Å². The number of hydrogen-bond donors (Lipinski definition) is 0. The molecule has 0 saturated carbocycles. The van der Waals surface area contributed by atoms with E-state index in [0.29, 0.717) is 0 Å². The summed E-state index contributed by atoms with van der Waals surface area (Å²) in [7, 11) is 0. The van der Waals surface area contributed by atoms with E-state index in [1.165, 1.54) is 11.1 Å². The van der Waals surface area contributed by atoms with Crippen molar-refractivity contribution in [3.8, 4) is 11.4 Å². The van der Waals surface area contributed by atoms with Crippen LogP contribution in [-0.2, 0) is 12.8 Å². The van der Waals surface area contributed by atoms with E-state index in [-0.39, 0.29) is 0 Å². The number of nitrogens with zero attached hydrogens (tertiary/aromatic N) is 4. The highest BCUT2D eigenvalue weighted by Gasteiger charge is 2.20. The van der Waals surface area contributed by atoms with Gasteiger partial charge in [0.2, 0.25) is 0 Å². The van der Waals surface area contributed by atoms with Gasteiger partial charge in [-0.05, 0) is 61.1 Å². The van der Waals surface area contributed by atoms with Crippen LogP contribution >= 0.6 is 0 Å². The minimum absolute atomic E-state index is 0.948. The molecule has 7 rings (SSSR count). The molecule has 0 unspecified atom stereocenters. The zero-order valence-corrected chi connectivity index (χ0v) is 17.5. The van der Waals surface area contributed by atoms with Crippen molar-refractivity contribution >= 4 is 43.6 Å². The Bertz CT molecular complexity index is 1560. The van der Waals surface area contributed by atoms with Crippen molar-refractivity contribution in [1.29, 1.82) is 0 Å². The maximum atomic E-state index is 5.23. The number of benzene rings is 2. The van der Waals surface area contributed by atoms with Crippen LogP contribution in [0, 0.1) is 0 Å². The molecule has 0 bridgehead atoms. The minimum atomic E-state index is 0.948. The number of aromatic nitrogens is 4. The van der Waals surface area contributed by atoms with Crippen LogP contribution in [-0.4, -0.2) is 19.9 Å². The van der Waals surface area contributed by atoms with Crippen molar-refractivity contribution in [2.24, 2.45) is 0 Å². The molecule has 0 fully saturated rings. The van der Waals surface area contributed by atoms with Crippen LogP contribution < -0.4 is 0 Å². The first kappa shape index (κ1) is 17.7. The predicted molar refractivity (Wildman–Crippen MR) is 130 cm³/mol. The summed E-state index contributed by atoms with van der Waals surface area (Å²) >= 11 is 0. The van der Waals surface area contributed by atoms with Crippen molar-refractivity contribution in [2.45, 2.75) is 25.7 Å². The Hall–Kier alpha value is -3.92. The summed E-state index contributed by atoms with van der Waals surface area (Å²) < 4.78 is 0. The largest absolute Gasteiger partial charge is 0.254 e. The minimum Gasteiger partial charge on any atom is -0.254 e. The third-order valence-corrected chi connectivity index (χ3v) is 6.64. The van der Waals surface area contributed by atoms with Crippen molar-refractivity contribution < 1.29 is 0 Å². The molecule has 4 nitrogen and oxygen atoms in total. The summed E-state index contributed by atoms with van der Waals surface area (Å²) in [6.07, 6.45) is 8.04. The van der Waals surface area contributed by atoms with Crippen LogP contribution in [0.4, 0.5) is 0 Å². The lowest BCUT2D eigenvalue weighted by molar-refractivity contribution is 0.726. The van der Waals surface area contributed by atoms with Gasteiger partial charge in [-0.1, -0.05) is 36.4 Å². The Morgan fingerprint density at radius 2 is 0.969 bits per heavy atom. The molecule has 0 atom stereocenters. The molecule has 0 spiro atoms. The maximum absolute atomic E-state index is 5.23. The van der Waals surface area contributed by atoms with E-state index in [4.69, 9.17) is 9.97 Å². The summed E-state index contributed by atoms with van der Waals surface area (Å²) in [6, 6.07) is 21.3. The lowest BCUT2D eigenvalue weighted by Gasteiger charge is -2.18. The van der Waals surface area contributed by atoms with Crippen LogP contribution in [0.5, 0.6) is 0 Å². The fourth-order valence-corrected chi connectivity index (χ4v) is 5.06. The lowest BCUT2D eigenvalue weighted by Crippen LogP contribution is -2.05. The molecule has 0 amide bonds. The number of aryl methyl sites for hydroxylation is 2. The first-order valence-electron chi connectivity index (χ1n) is 11.2. The van der Waals surface area contributed by atoms with Crippen LogP contribution in [0.1, 0.15) is 24.0 Å². The van der Waals surface area contributed by atoms with Gasteiger partial charge in [0.05, 0.1) is 33.5 Å². The molecular formula is C28H20N4. The molecule has 0 aliphatic heterocycles. The van der Waals surface area contributed by atoms with Gasteiger partial charge in [0.25, 0.3) is 0 Å². The number of rotatable bonds is 0. The number of pyridine rings is 4. The zero-order valence-electron chi connectivity index (χ0n) is 17.5. The van der Waals surface area contributed by atoms with E-state index in [2.05, 4.69) is 58.5 Å². The number of hydrogen-bond acceptors (Lipinski definition) is 4. The van der Waals surface area contributed by atoms with E-state index in [1.54, 1.807) is 0 Å². The van der Waals surface area contributed by atoms with Gasteiger partial charge in [-0.2, -0.15) is 0 Å². The fourth-order valence-electron chi connectivity index (χ4n) is 5.06. The lowest BCUT2D eigenvalue weighted by atomic mass is 9.92. The van der Waals surface area contributed by atoms with Gasteiger partial charge in [0, 0.05) is 33.9 Å². The Kier molecular flexibility index (Phi) is 3.76. The van der Waals surface area contributed by atoms with Crippen molar-refractivity contribution in [2.75, 3.05) is 0 Å². The van der Waals surface area contributed by atoms with Crippen molar-refractivity contribution in [1.82, 2.24) is 19.9 Å². The van der Waals surface area contributed by atoms with Crippen LogP contribution in [0.3, 0.4) is 0 Å². The molecule has 1 aliphatic rings. The van der Waals surface area contributed by atoms with E-state index in [9.17, 15) is 0 Å². The van der Waals surface area contributed by atoms with Gasteiger partial charge in [-0.15, -0.1) is 0 Å².